The van der Waals surface area contributed by atoms with E-state index in [0.717, 1.165) is 11.0 Å². The molecule has 100 valence electrons. The van der Waals surface area contributed by atoms with Gasteiger partial charge >= 0.3 is 0 Å². The summed E-state index contributed by atoms with van der Waals surface area (Å²) >= 11 is 3.43. The van der Waals surface area contributed by atoms with E-state index < -0.39 is 0 Å². The smallest absolute Gasteiger partial charge is 0.234 e. The minimum Gasteiger partial charge on any atom is -0.344 e. The van der Waals surface area contributed by atoms with Gasteiger partial charge in [0.05, 0.1) is 13.1 Å². The first kappa shape index (κ1) is 14.1. The van der Waals surface area contributed by atoms with Crippen LogP contribution in [0.5, 0.6) is 0 Å². The Hall–Kier alpha value is -1.31. The lowest BCUT2D eigenvalue weighted by Gasteiger charge is -2.21. The second-order valence-corrected chi connectivity index (χ2v) is 5.66. The van der Waals surface area contributed by atoms with Gasteiger partial charge < -0.3 is 5.32 Å². The van der Waals surface area contributed by atoms with Crippen molar-refractivity contribution in [1.82, 2.24) is 10.2 Å². The predicted molar refractivity (Wildman–Crippen MR) is 79.4 cm³/mol. The number of halogens is 1. The van der Waals surface area contributed by atoms with Crippen LogP contribution in [-0.4, -0.2) is 29.9 Å². The molecule has 1 aliphatic rings. The van der Waals surface area contributed by atoms with Gasteiger partial charge in [-0.25, -0.2) is 0 Å². The third-order valence-corrected chi connectivity index (χ3v) is 3.63. The van der Waals surface area contributed by atoms with Crippen molar-refractivity contribution in [2.75, 3.05) is 13.1 Å². The van der Waals surface area contributed by atoms with Gasteiger partial charge in [0.1, 0.15) is 0 Å². The molecular weight excluding hydrogens is 304 g/mol. The van der Waals surface area contributed by atoms with Gasteiger partial charge in [-0.15, -0.1) is 6.42 Å². The van der Waals surface area contributed by atoms with Crippen molar-refractivity contribution >= 4 is 21.8 Å². The van der Waals surface area contributed by atoms with Gasteiger partial charge in [-0.2, -0.15) is 0 Å². The number of nitrogens with one attached hydrogen (secondary N) is 1. The Labute approximate surface area is 122 Å². The molecule has 0 saturated heterocycles. The molecule has 0 aliphatic heterocycles. The molecule has 1 aromatic rings. The third-order valence-electron chi connectivity index (χ3n) is 3.10. The van der Waals surface area contributed by atoms with Gasteiger partial charge in [0.2, 0.25) is 5.91 Å². The molecule has 4 heteroatoms. The van der Waals surface area contributed by atoms with Gasteiger partial charge in [-0.05, 0) is 30.5 Å². The van der Waals surface area contributed by atoms with Crippen molar-refractivity contribution < 1.29 is 4.79 Å². The Morgan fingerprint density at radius 3 is 2.68 bits per heavy atom. The highest BCUT2D eigenvalue weighted by atomic mass is 79.9. The first-order valence-corrected chi connectivity index (χ1v) is 7.17. The van der Waals surface area contributed by atoms with Crippen LogP contribution in [0, 0.1) is 12.3 Å². The van der Waals surface area contributed by atoms with Crippen LogP contribution < -0.4 is 5.32 Å². The van der Waals surface area contributed by atoms with E-state index in [1.54, 1.807) is 0 Å². The highest BCUT2D eigenvalue weighted by Crippen LogP contribution is 2.28. The topological polar surface area (TPSA) is 32.3 Å². The fourth-order valence-corrected chi connectivity index (χ4v) is 2.23. The molecule has 1 saturated carbocycles. The number of amides is 1. The molecule has 0 unspecified atom stereocenters. The van der Waals surface area contributed by atoms with Crippen molar-refractivity contribution in [2.24, 2.45) is 0 Å². The maximum Gasteiger partial charge on any atom is 0.234 e. The minimum atomic E-state index is 0.00182. The lowest BCUT2D eigenvalue weighted by atomic mass is 10.2. The number of hydrogen-bond donors (Lipinski definition) is 1. The molecule has 1 aliphatic carbocycles. The summed E-state index contributed by atoms with van der Waals surface area (Å²) in [7, 11) is 0. The van der Waals surface area contributed by atoms with Crippen LogP contribution in [0.3, 0.4) is 0 Å². The van der Waals surface area contributed by atoms with Gasteiger partial charge in [0.15, 0.2) is 0 Å². The molecule has 1 aromatic carbocycles. The summed E-state index contributed by atoms with van der Waals surface area (Å²) in [5.41, 5.74) is 1.22. The van der Waals surface area contributed by atoms with Crippen LogP contribution in [0.1, 0.15) is 18.4 Å². The fraction of sp³-hybridized carbons (Fsp3) is 0.400. The molecule has 0 heterocycles. The molecule has 0 aromatic heterocycles. The summed E-state index contributed by atoms with van der Waals surface area (Å²) in [6.07, 6.45) is 7.49. The van der Waals surface area contributed by atoms with Crippen LogP contribution >= 0.6 is 15.9 Å². The Morgan fingerprint density at radius 2 is 2.11 bits per heavy atom. The highest BCUT2D eigenvalue weighted by Gasteiger charge is 2.30. The van der Waals surface area contributed by atoms with E-state index in [-0.39, 0.29) is 5.91 Å². The number of hydrogen-bond acceptors (Lipinski definition) is 2. The Morgan fingerprint density at radius 1 is 1.42 bits per heavy atom. The van der Waals surface area contributed by atoms with Crippen LogP contribution in [0.4, 0.5) is 0 Å². The number of terminal acetylenes is 1. The molecular formula is C15H17BrN2O. The van der Waals surface area contributed by atoms with Gasteiger partial charge in [0.25, 0.3) is 0 Å². The van der Waals surface area contributed by atoms with E-state index in [0.29, 0.717) is 19.1 Å². The molecule has 0 spiro atoms. The number of carbonyl (C=O) groups excluding carboxylic acids is 1. The molecule has 3 nitrogen and oxygen atoms in total. The zero-order valence-corrected chi connectivity index (χ0v) is 12.3. The van der Waals surface area contributed by atoms with Crippen molar-refractivity contribution in [3.05, 3.63) is 34.3 Å². The lowest BCUT2D eigenvalue weighted by molar-refractivity contribution is -0.122. The molecule has 0 atom stereocenters. The van der Waals surface area contributed by atoms with E-state index in [4.69, 9.17) is 6.42 Å². The number of benzene rings is 1. The molecule has 1 amide bonds. The predicted octanol–water partition coefficient (Wildman–Crippen LogP) is 2.16. The van der Waals surface area contributed by atoms with Crippen LogP contribution in [0.25, 0.3) is 0 Å². The second kappa shape index (κ2) is 6.74. The van der Waals surface area contributed by atoms with E-state index in [1.807, 2.05) is 12.1 Å². The van der Waals surface area contributed by atoms with Gasteiger partial charge in [-0.1, -0.05) is 34.0 Å². The van der Waals surface area contributed by atoms with Gasteiger partial charge in [-0.3, -0.25) is 9.69 Å². The van der Waals surface area contributed by atoms with Crippen molar-refractivity contribution in [3.63, 3.8) is 0 Å². The normalized spacial score (nSPS) is 14.2. The summed E-state index contributed by atoms with van der Waals surface area (Å²) in [6.45, 7) is 1.53. The third kappa shape index (κ3) is 4.70. The average molecular weight is 321 g/mol. The molecule has 0 bridgehead atoms. The van der Waals surface area contributed by atoms with Crippen molar-refractivity contribution in [3.8, 4) is 12.3 Å². The summed E-state index contributed by atoms with van der Waals surface area (Å²) in [4.78, 5) is 14.0. The van der Waals surface area contributed by atoms with E-state index in [2.05, 4.69) is 44.2 Å². The van der Waals surface area contributed by atoms with E-state index >= 15 is 0 Å². The highest BCUT2D eigenvalue weighted by molar-refractivity contribution is 9.10. The SMILES string of the molecule is C#CCNC(=O)CN(Cc1ccc(Br)cc1)C1CC1. The minimum absolute atomic E-state index is 0.00182. The summed E-state index contributed by atoms with van der Waals surface area (Å²) in [5, 5.41) is 2.72. The average Bonchev–Trinajstić information content (AvgIpc) is 3.22. The zero-order valence-electron chi connectivity index (χ0n) is 10.7. The quantitative estimate of drug-likeness (QED) is 0.815. The first-order chi connectivity index (χ1) is 9.19. The second-order valence-electron chi connectivity index (χ2n) is 4.74. The monoisotopic (exact) mass is 320 g/mol. The molecule has 19 heavy (non-hydrogen) atoms. The maximum absolute atomic E-state index is 11.7. The van der Waals surface area contributed by atoms with Crippen molar-refractivity contribution in [1.29, 1.82) is 0 Å². The van der Waals surface area contributed by atoms with Crippen LogP contribution in [0.2, 0.25) is 0 Å². The largest absolute Gasteiger partial charge is 0.344 e. The van der Waals surface area contributed by atoms with Gasteiger partial charge in [0, 0.05) is 17.1 Å². The number of nitrogens with zero attached hydrogens (tertiary/aromatic N) is 1. The van der Waals surface area contributed by atoms with Crippen LogP contribution in [-0.2, 0) is 11.3 Å². The van der Waals surface area contributed by atoms with E-state index in [9.17, 15) is 4.79 Å². The standard InChI is InChI=1S/C15H17BrN2O/c1-2-9-17-15(19)11-18(14-7-8-14)10-12-3-5-13(16)6-4-12/h1,3-6,14H,7-11H2,(H,17,19). The Bertz CT molecular complexity index is 474. The molecule has 1 N–H and O–H groups in total. The molecule has 2 rings (SSSR count). The number of carbonyl (C=O) groups is 1. The number of rotatable bonds is 6. The van der Waals surface area contributed by atoms with Crippen LogP contribution in [0.15, 0.2) is 28.7 Å². The molecule has 1 fully saturated rings. The summed E-state index contributed by atoms with van der Waals surface area (Å²) in [5.74, 6) is 2.42. The first-order valence-electron chi connectivity index (χ1n) is 6.37. The van der Waals surface area contributed by atoms with Crippen molar-refractivity contribution in [2.45, 2.75) is 25.4 Å². The van der Waals surface area contributed by atoms with E-state index in [1.165, 1.54) is 18.4 Å². The zero-order chi connectivity index (χ0) is 13.7. The molecule has 0 radical (unpaired) electrons. The summed E-state index contributed by atoms with van der Waals surface area (Å²) < 4.78 is 1.07. The Kier molecular flexibility index (Phi) is 5.00. The fourth-order valence-electron chi connectivity index (χ4n) is 1.97. The summed E-state index contributed by atoms with van der Waals surface area (Å²) in [6, 6.07) is 8.76. The lowest BCUT2D eigenvalue weighted by Crippen LogP contribution is -2.38. The maximum atomic E-state index is 11.7. The Balaban J connectivity index is 1.91.